The average Bonchev–Trinajstić information content (AvgIpc) is 3.05. The molecule has 0 bridgehead atoms. The molecule has 0 saturated carbocycles. The lowest BCUT2D eigenvalue weighted by Gasteiger charge is -2.46. The van der Waals surface area contributed by atoms with E-state index in [1.807, 2.05) is 0 Å². The molecule has 3 unspecified atom stereocenters. The standard InChI is InChI=1S/C26H26Cl2N2O5/c1-13(2)22-26(17-7-5-15(28)10-19(17)29-23(26)32)18(11-21(31)30-22)16-9-14(27)6-8-20(16)35-12-25(3,4)24(33)34/h5-10,18,22H,1,11-12H2,2-4H3,(H,29,32)(H,30,31)(H,33,34). The monoisotopic (exact) mass is 516 g/mol. The number of piperidine rings is 1. The number of aliphatic carboxylic acids is 1. The van der Waals surface area contributed by atoms with Gasteiger partial charge >= 0.3 is 5.97 Å². The van der Waals surface area contributed by atoms with Crippen molar-refractivity contribution in [2.45, 2.75) is 44.6 Å². The Bertz CT molecular complexity index is 1260. The van der Waals surface area contributed by atoms with Crippen molar-refractivity contribution < 1.29 is 24.2 Å². The van der Waals surface area contributed by atoms with Gasteiger partial charge in [-0.25, -0.2) is 0 Å². The van der Waals surface area contributed by atoms with E-state index in [4.69, 9.17) is 27.9 Å². The number of hydrogen-bond donors (Lipinski definition) is 3. The molecule has 184 valence electrons. The van der Waals surface area contributed by atoms with E-state index in [9.17, 15) is 19.5 Å². The minimum atomic E-state index is -1.25. The van der Waals surface area contributed by atoms with E-state index < -0.39 is 28.8 Å². The van der Waals surface area contributed by atoms with Crippen LogP contribution in [0.15, 0.2) is 48.6 Å². The van der Waals surface area contributed by atoms with E-state index in [2.05, 4.69) is 17.2 Å². The molecule has 9 heteroatoms. The Morgan fingerprint density at radius 2 is 1.86 bits per heavy atom. The van der Waals surface area contributed by atoms with Gasteiger partial charge in [-0.05, 0) is 56.7 Å². The molecule has 2 aromatic rings. The van der Waals surface area contributed by atoms with Crippen molar-refractivity contribution in [3.05, 3.63) is 69.7 Å². The van der Waals surface area contributed by atoms with Gasteiger partial charge in [0.15, 0.2) is 0 Å². The van der Waals surface area contributed by atoms with Gasteiger partial charge in [0.25, 0.3) is 0 Å². The van der Waals surface area contributed by atoms with Gasteiger partial charge in [0.1, 0.15) is 17.8 Å². The molecular weight excluding hydrogens is 491 g/mol. The van der Waals surface area contributed by atoms with Crippen molar-refractivity contribution in [1.29, 1.82) is 0 Å². The summed E-state index contributed by atoms with van der Waals surface area (Å²) >= 11 is 12.6. The molecule has 2 heterocycles. The number of amides is 2. The lowest BCUT2D eigenvalue weighted by atomic mass is 9.59. The first-order valence-corrected chi connectivity index (χ1v) is 11.9. The molecule has 3 N–H and O–H groups in total. The largest absolute Gasteiger partial charge is 0.492 e. The molecule has 7 nitrogen and oxygen atoms in total. The van der Waals surface area contributed by atoms with E-state index in [1.165, 1.54) is 0 Å². The SMILES string of the molecule is C=C(C)C1NC(=O)CC(c2cc(Cl)ccc2OCC(C)(C)C(=O)O)C12C(=O)Nc1cc(Cl)ccc12. The third-order valence-electron chi connectivity index (χ3n) is 6.76. The number of rotatable bonds is 6. The van der Waals surface area contributed by atoms with Gasteiger partial charge in [-0.2, -0.15) is 0 Å². The van der Waals surface area contributed by atoms with Gasteiger partial charge in [-0.3, -0.25) is 14.4 Å². The minimum Gasteiger partial charge on any atom is -0.492 e. The summed E-state index contributed by atoms with van der Waals surface area (Å²) in [5.74, 6) is -1.88. The molecule has 2 aliphatic rings. The topological polar surface area (TPSA) is 105 Å². The zero-order valence-electron chi connectivity index (χ0n) is 19.6. The highest BCUT2D eigenvalue weighted by atomic mass is 35.5. The number of halogens is 2. The fourth-order valence-corrected chi connectivity index (χ4v) is 5.31. The van der Waals surface area contributed by atoms with Crippen LogP contribution in [-0.4, -0.2) is 35.5 Å². The fourth-order valence-electron chi connectivity index (χ4n) is 4.95. The second-order valence-electron chi connectivity index (χ2n) is 9.78. The smallest absolute Gasteiger partial charge is 0.312 e. The van der Waals surface area contributed by atoms with Gasteiger partial charge < -0.3 is 20.5 Å². The maximum atomic E-state index is 13.8. The van der Waals surface area contributed by atoms with Gasteiger partial charge in [-0.15, -0.1) is 0 Å². The van der Waals surface area contributed by atoms with Crippen LogP contribution in [0.2, 0.25) is 10.0 Å². The molecule has 4 rings (SSSR count). The zero-order valence-corrected chi connectivity index (χ0v) is 21.1. The van der Waals surface area contributed by atoms with Gasteiger partial charge in [0.05, 0.1) is 11.5 Å². The third-order valence-corrected chi connectivity index (χ3v) is 7.23. The van der Waals surface area contributed by atoms with E-state index in [1.54, 1.807) is 57.2 Å². The summed E-state index contributed by atoms with van der Waals surface area (Å²) < 4.78 is 6.00. The summed E-state index contributed by atoms with van der Waals surface area (Å²) in [5.41, 5.74) is -0.0131. The van der Waals surface area contributed by atoms with Crippen molar-refractivity contribution in [3.8, 4) is 5.75 Å². The third kappa shape index (κ3) is 4.17. The normalized spacial score (nSPS) is 23.5. The Hall–Kier alpha value is -3.03. The quantitative estimate of drug-likeness (QED) is 0.472. The second kappa shape index (κ2) is 8.88. The van der Waals surface area contributed by atoms with Crippen molar-refractivity contribution in [2.24, 2.45) is 5.41 Å². The van der Waals surface area contributed by atoms with Crippen LogP contribution in [0.3, 0.4) is 0 Å². The van der Waals surface area contributed by atoms with Crippen LogP contribution in [0.4, 0.5) is 5.69 Å². The molecule has 3 atom stereocenters. The van der Waals surface area contributed by atoms with Crippen molar-refractivity contribution in [3.63, 3.8) is 0 Å². The van der Waals surface area contributed by atoms with Crippen LogP contribution < -0.4 is 15.4 Å². The zero-order chi connectivity index (χ0) is 25.7. The Labute approximate surface area is 213 Å². The van der Waals surface area contributed by atoms with Crippen LogP contribution in [0.25, 0.3) is 0 Å². The van der Waals surface area contributed by atoms with Gasteiger partial charge in [0, 0.05) is 33.6 Å². The van der Waals surface area contributed by atoms with Crippen LogP contribution >= 0.6 is 23.2 Å². The molecule has 2 aromatic carbocycles. The minimum absolute atomic E-state index is 0.0156. The first-order chi connectivity index (χ1) is 16.4. The van der Waals surface area contributed by atoms with Crippen LogP contribution in [0, 0.1) is 5.41 Å². The molecule has 1 spiro atoms. The Balaban J connectivity index is 1.93. The second-order valence-corrected chi connectivity index (χ2v) is 10.6. The molecule has 2 aliphatic heterocycles. The summed E-state index contributed by atoms with van der Waals surface area (Å²) in [5, 5.41) is 16.3. The number of benzene rings is 2. The van der Waals surface area contributed by atoms with Gasteiger partial charge in [-0.1, -0.05) is 41.4 Å². The molecule has 1 fully saturated rings. The maximum absolute atomic E-state index is 13.8. The van der Waals surface area contributed by atoms with Crippen LogP contribution in [0.1, 0.15) is 44.2 Å². The number of ether oxygens (including phenoxy) is 1. The highest BCUT2D eigenvalue weighted by molar-refractivity contribution is 6.31. The number of carboxylic acids is 1. The summed E-state index contributed by atoms with van der Waals surface area (Å²) in [4.78, 5) is 38.4. The predicted molar refractivity (Wildman–Crippen MR) is 134 cm³/mol. The molecular formula is C26H26Cl2N2O5. The number of hydrogen-bond acceptors (Lipinski definition) is 4. The molecule has 0 radical (unpaired) electrons. The first kappa shape index (κ1) is 25.1. The number of carbonyl (C=O) groups is 3. The fraction of sp³-hybridized carbons (Fsp3) is 0.346. The van der Waals surface area contributed by atoms with E-state index >= 15 is 0 Å². The lowest BCUT2D eigenvalue weighted by Crippen LogP contribution is -2.62. The summed E-state index contributed by atoms with van der Waals surface area (Å²) in [6.45, 7) is 8.83. The number of fused-ring (bicyclic) bond motifs is 2. The number of carboxylic acid groups (broad SMARTS) is 1. The summed E-state index contributed by atoms with van der Waals surface area (Å²) in [7, 11) is 0. The Morgan fingerprint density at radius 3 is 2.51 bits per heavy atom. The first-order valence-electron chi connectivity index (χ1n) is 11.1. The van der Waals surface area contributed by atoms with E-state index in [-0.39, 0.29) is 24.8 Å². The predicted octanol–water partition coefficient (Wildman–Crippen LogP) is 4.92. The highest BCUT2D eigenvalue weighted by Gasteiger charge is 2.61. The van der Waals surface area contributed by atoms with Crippen molar-refractivity contribution in [2.75, 3.05) is 11.9 Å². The Morgan fingerprint density at radius 1 is 1.20 bits per heavy atom. The number of nitrogens with one attached hydrogen (secondary N) is 2. The van der Waals surface area contributed by atoms with Crippen LogP contribution in [-0.2, 0) is 19.8 Å². The number of carbonyl (C=O) groups excluding carboxylic acids is 2. The van der Waals surface area contributed by atoms with Crippen LogP contribution in [0.5, 0.6) is 5.75 Å². The molecule has 35 heavy (non-hydrogen) atoms. The van der Waals surface area contributed by atoms with E-state index in [0.29, 0.717) is 38.2 Å². The van der Waals surface area contributed by atoms with Crippen molar-refractivity contribution >= 4 is 46.7 Å². The highest BCUT2D eigenvalue weighted by Crippen LogP contribution is 2.55. The average molecular weight is 517 g/mol. The summed E-state index contributed by atoms with van der Waals surface area (Å²) in [6, 6.07) is 9.40. The van der Waals surface area contributed by atoms with E-state index in [0.717, 1.165) is 0 Å². The molecule has 1 saturated heterocycles. The molecule has 0 aliphatic carbocycles. The maximum Gasteiger partial charge on any atom is 0.312 e. The molecule has 2 amide bonds. The number of anilines is 1. The molecule has 0 aromatic heterocycles. The Kier molecular flexibility index (Phi) is 6.36. The van der Waals surface area contributed by atoms with Gasteiger partial charge in [0.2, 0.25) is 11.8 Å². The lowest BCUT2D eigenvalue weighted by molar-refractivity contribution is -0.148. The summed E-state index contributed by atoms with van der Waals surface area (Å²) in [6.07, 6.45) is -0.0156. The van der Waals surface area contributed by atoms with Crippen molar-refractivity contribution in [1.82, 2.24) is 5.32 Å².